The summed E-state index contributed by atoms with van der Waals surface area (Å²) in [5, 5.41) is 20.9. The van der Waals surface area contributed by atoms with Gasteiger partial charge in [-0.15, -0.1) is 0 Å². The van der Waals surface area contributed by atoms with Crippen molar-refractivity contribution in [3.63, 3.8) is 0 Å². The quantitative estimate of drug-likeness (QED) is 0.690. The average molecular weight is 238 g/mol. The van der Waals surface area contributed by atoms with Crippen LogP contribution in [0, 0.1) is 23.2 Å². The highest BCUT2D eigenvalue weighted by Crippen LogP contribution is 2.54. The molecule has 0 aromatic rings. The van der Waals surface area contributed by atoms with E-state index in [1.165, 1.54) is 0 Å². The second-order valence-electron chi connectivity index (χ2n) is 6.58. The Morgan fingerprint density at radius 1 is 1.24 bits per heavy atom. The van der Waals surface area contributed by atoms with E-state index in [1.54, 1.807) is 0 Å². The van der Waals surface area contributed by atoms with Crippen molar-refractivity contribution in [1.82, 2.24) is 0 Å². The van der Waals surface area contributed by atoms with Crippen molar-refractivity contribution in [3.05, 3.63) is 12.2 Å². The third kappa shape index (κ3) is 1.96. The summed E-state index contributed by atoms with van der Waals surface area (Å²) in [5.74, 6) is 0.947. The van der Waals surface area contributed by atoms with E-state index < -0.39 is 0 Å². The molecule has 98 valence electrons. The third-order valence-corrected chi connectivity index (χ3v) is 5.44. The minimum atomic E-state index is -0.323. The zero-order valence-electron chi connectivity index (χ0n) is 11.3. The maximum absolute atomic E-state index is 10.6. The monoisotopic (exact) mass is 238 g/mol. The van der Waals surface area contributed by atoms with Crippen LogP contribution in [0.25, 0.3) is 0 Å². The van der Waals surface area contributed by atoms with E-state index in [2.05, 4.69) is 20.4 Å². The van der Waals surface area contributed by atoms with E-state index >= 15 is 0 Å². The number of aliphatic hydroxyl groups excluding tert-OH is 2. The first-order valence-electron chi connectivity index (χ1n) is 6.89. The van der Waals surface area contributed by atoms with Gasteiger partial charge in [-0.2, -0.15) is 0 Å². The summed E-state index contributed by atoms with van der Waals surface area (Å²) in [7, 11) is 0. The molecule has 2 heteroatoms. The fourth-order valence-corrected chi connectivity index (χ4v) is 4.29. The van der Waals surface area contributed by atoms with Crippen LogP contribution in [0.2, 0.25) is 0 Å². The van der Waals surface area contributed by atoms with Crippen molar-refractivity contribution in [2.45, 2.75) is 58.7 Å². The SMILES string of the molecule is C=C(C)C1CCC2(C)C(O)CCC(C)C2C1O. The van der Waals surface area contributed by atoms with E-state index in [9.17, 15) is 10.2 Å². The van der Waals surface area contributed by atoms with Gasteiger partial charge in [-0.05, 0) is 49.9 Å². The fraction of sp³-hybridized carbons (Fsp3) is 0.867. The molecule has 6 atom stereocenters. The van der Waals surface area contributed by atoms with Gasteiger partial charge in [-0.3, -0.25) is 0 Å². The number of hydrogen-bond donors (Lipinski definition) is 2. The van der Waals surface area contributed by atoms with Gasteiger partial charge in [-0.1, -0.05) is 26.0 Å². The van der Waals surface area contributed by atoms with Crippen molar-refractivity contribution < 1.29 is 10.2 Å². The van der Waals surface area contributed by atoms with Gasteiger partial charge in [0.25, 0.3) is 0 Å². The highest BCUT2D eigenvalue weighted by molar-refractivity contribution is 5.10. The summed E-state index contributed by atoms with van der Waals surface area (Å²) in [6, 6.07) is 0. The highest BCUT2D eigenvalue weighted by Gasteiger charge is 2.53. The molecule has 2 fully saturated rings. The van der Waals surface area contributed by atoms with Crippen LogP contribution < -0.4 is 0 Å². The van der Waals surface area contributed by atoms with Crippen molar-refractivity contribution in [2.24, 2.45) is 23.2 Å². The Morgan fingerprint density at radius 2 is 1.88 bits per heavy atom. The largest absolute Gasteiger partial charge is 0.393 e. The van der Waals surface area contributed by atoms with E-state index in [-0.39, 0.29) is 29.5 Å². The van der Waals surface area contributed by atoms with Gasteiger partial charge in [0, 0.05) is 5.92 Å². The standard InChI is InChI=1S/C15H26O2/c1-9(2)11-7-8-15(4)12(16)6-5-10(3)13(15)14(11)17/h10-14,16-17H,1,5-8H2,2-4H3. The zero-order valence-corrected chi connectivity index (χ0v) is 11.3. The molecule has 17 heavy (non-hydrogen) atoms. The maximum atomic E-state index is 10.6. The lowest BCUT2D eigenvalue weighted by Crippen LogP contribution is -2.56. The molecule has 2 nitrogen and oxygen atoms in total. The predicted octanol–water partition coefficient (Wildman–Crippen LogP) is 2.75. The maximum Gasteiger partial charge on any atom is 0.0642 e. The first-order chi connectivity index (χ1) is 7.88. The minimum Gasteiger partial charge on any atom is -0.393 e. The Balaban J connectivity index is 2.29. The molecule has 2 aliphatic carbocycles. The van der Waals surface area contributed by atoms with Crippen LogP contribution in [-0.4, -0.2) is 22.4 Å². The van der Waals surface area contributed by atoms with E-state index in [0.717, 1.165) is 31.3 Å². The smallest absolute Gasteiger partial charge is 0.0642 e. The number of fused-ring (bicyclic) bond motifs is 1. The number of aliphatic hydroxyl groups is 2. The Morgan fingerprint density at radius 3 is 2.47 bits per heavy atom. The molecule has 2 saturated carbocycles. The summed E-state index contributed by atoms with van der Waals surface area (Å²) in [5.41, 5.74) is 0.995. The third-order valence-electron chi connectivity index (χ3n) is 5.44. The summed E-state index contributed by atoms with van der Waals surface area (Å²) in [4.78, 5) is 0. The summed E-state index contributed by atoms with van der Waals surface area (Å²) >= 11 is 0. The molecule has 0 radical (unpaired) electrons. The molecule has 2 rings (SSSR count). The molecule has 0 aromatic carbocycles. The Kier molecular flexibility index (Phi) is 3.39. The van der Waals surface area contributed by atoms with Crippen LogP contribution in [0.4, 0.5) is 0 Å². The molecule has 0 bridgehead atoms. The number of rotatable bonds is 1. The van der Waals surface area contributed by atoms with Crippen LogP contribution in [-0.2, 0) is 0 Å². The Bertz CT molecular complexity index is 312. The molecule has 0 spiro atoms. The minimum absolute atomic E-state index is 0.0942. The van der Waals surface area contributed by atoms with Crippen LogP contribution in [0.1, 0.15) is 46.5 Å². The van der Waals surface area contributed by atoms with Crippen LogP contribution in [0.5, 0.6) is 0 Å². The van der Waals surface area contributed by atoms with Gasteiger partial charge in [0.1, 0.15) is 0 Å². The van der Waals surface area contributed by atoms with Gasteiger partial charge in [-0.25, -0.2) is 0 Å². The molecule has 0 heterocycles. The summed E-state index contributed by atoms with van der Waals surface area (Å²) in [6.45, 7) is 10.4. The van der Waals surface area contributed by atoms with Crippen molar-refractivity contribution in [2.75, 3.05) is 0 Å². The van der Waals surface area contributed by atoms with E-state index in [0.29, 0.717) is 5.92 Å². The van der Waals surface area contributed by atoms with Crippen LogP contribution >= 0.6 is 0 Å². The number of hydrogen-bond acceptors (Lipinski definition) is 2. The van der Waals surface area contributed by atoms with Crippen molar-refractivity contribution in [3.8, 4) is 0 Å². The lowest BCUT2D eigenvalue weighted by Gasteiger charge is -2.55. The lowest BCUT2D eigenvalue weighted by atomic mass is 9.52. The van der Waals surface area contributed by atoms with Gasteiger partial charge in [0.15, 0.2) is 0 Å². The molecule has 2 aliphatic rings. The second kappa shape index (κ2) is 4.40. The predicted molar refractivity (Wildman–Crippen MR) is 69.5 cm³/mol. The molecule has 0 aliphatic heterocycles. The first kappa shape index (κ1) is 13.1. The van der Waals surface area contributed by atoms with Crippen LogP contribution in [0.3, 0.4) is 0 Å². The van der Waals surface area contributed by atoms with Crippen LogP contribution in [0.15, 0.2) is 12.2 Å². The summed E-state index contributed by atoms with van der Waals surface area (Å²) in [6.07, 6.45) is 3.33. The van der Waals surface area contributed by atoms with E-state index in [4.69, 9.17) is 0 Å². The van der Waals surface area contributed by atoms with Gasteiger partial charge in [0.05, 0.1) is 12.2 Å². The second-order valence-corrected chi connectivity index (χ2v) is 6.58. The average Bonchev–Trinajstić information content (AvgIpc) is 2.23. The van der Waals surface area contributed by atoms with Crippen molar-refractivity contribution in [1.29, 1.82) is 0 Å². The molecule has 2 N–H and O–H groups in total. The normalized spacial score (nSPS) is 50.8. The molecule has 0 aromatic heterocycles. The molecule has 6 unspecified atom stereocenters. The Hall–Kier alpha value is -0.340. The van der Waals surface area contributed by atoms with Gasteiger partial charge >= 0.3 is 0 Å². The molecular weight excluding hydrogens is 212 g/mol. The lowest BCUT2D eigenvalue weighted by molar-refractivity contribution is -0.150. The molecular formula is C15H26O2. The molecule has 0 saturated heterocycles. The first-order valence-corrected chi connectivity index (χ1v) is 6.89. The van der Waals surface area contributed by atoms with Gasteiger partial charge in [0.2, 0.25) is 0 Å². The topological polar surface area (TPSA) is 40.5 Å². The molecule has 0 amide bonds. The van der Waals surface area contributed by atoms with Gasteiger partial charge < -0.3 is 10.2 Å². The van der Waals surface area contributed by atoms with Crippen molar-refractivity contribution >= 4 is 0 Å². The highest BCUT2D eigenvalue weighted by atomic mass is 16.3. The summed E-state index contributed by atoms with van der Waals surface area (Å²) < 4.78 is 0. The fourth-order valence-electron chi connectivity index (χ4n) is 4.29. The Labute approximate surface area is 105 Å². The zero-order chi connectivity index (χ0) is 12.8. The van der Waals surface area contributed by atoms with E-state index in [1.807, 2.05) is 6.92 Å².